The third-order valence-electron chi connectivity index (χ3n) is 4.54. The zero-order valence-corrected chi connectivity index (χ0v) is 17.4. The van der Waals surface area contributed by atoms with E-state index in [9.17, 15) is 14.0 Å². The van der Waals surface area contributed by atoms with Crippen LogP contribution in [-0.2, 0) is 4.74 Å². The highest BCUT2D eigenvalue weighted by molar-refractivity contribution is 7.21. The molecule has 1 N–H and O–H groups in total. The Kier molecular flexibility index (Phi) is 5.99. The molecular formula is C23H19FN2O4S. The second-order valence-electron chi connectivity index (χ2n) is 6.49. The number of carbonyl (C=O) groups excluding carboxylic acids is 1. The number of pyridine rings is 1. The summed E-state index contributed by atoms with van der Waals surface area (Å²) in [7, 11) is 0. The van der Waals surface area contributed by atoms with Gasteiger partial charge in [0.1, 0.15) is 15.5 Å². The second-order valence-corrected chi connectivity index (χ2v) is 7.49. The Morgan fingerprint density at radius 3 is 2.65 bits per heavy atom. The number of nitrogens with one attached hydrogen (secondary N) is 1. The van der Waals surface area contributed by atoms with Crippen LogP contribution < -0.4 is 15.6 Å². The summed E-state index contributed by atoms with van der Waals surface area (Å²) in [4.78, 5) is 26.4. The molecule has 0 aliphatic carbocycles. The van der Waals surface area contributed by atoms with Crippen LogP contribution in [-0.4, -0.2) is 24.0 Å². The summed E-state index contributed by atoms with van der Waals surface area (Å²) in [5, 5.41) is 3.91. The van der Waals surface area contributed by atoms with Gasteiger partial charge in [-0.05, 0) is 37.3 Å². The van der Waals surface area contributed by atoms with Crippen LogP contribution in [0.5, 0.6) is 5.75 Å². The van der Waals surface area contributed by atoms with E-state index in [1.165, 1.54) is 17.4 Å². The third kappa shape index (κ3) is 4.15. The number of rotatable bonds is 7. The van der Waals surface area contributed by atoms with E-state index >= 15 is 0 Å². The molecule has 0 amide bonds. The molecule has 4 aromatic rings. The molecule has 158 valence electrons. The number of nitrogens with zero attached hydrogens (tertiary/aromatic N) is 1. The van der Waals surface area contributed by atoms with Crippen LogP contribution in [0, 0.1) is 0 Å². The molecule has 2 aromatic heterocycles. The SMILES string of the molecule is CCOC(=O)c1sc2c(ccc(=O)n2-c2ccccc2)c1Nc1cccc(OCF)c1. The summed E-state index contributed by atoms with van der Waals surface area (Å²) in [6, 6.07) is 19.1. The van der Waals surface area contributed by atoms with Gasteiger partial charge in [0.15, 0.2) is 0 Å². The topological polar surface area (TPSA) is 69.6 Å². The molecule has 0 bridgehead atoms. The molecule has 0 aliphatic heterocycles. The van der Waals surface area contributed by atoms with E-state index in [2.05, 4.69) is 5.32 Å². The molecule has 2 aromatic carbocycles. The number of ether oxygens (including phenoxy) is 2. The molecule has 0 saturated carbocycles. The first kappa shape index (κ1) is 20.6. The number of hydrogen-bond donors (Lipinski definition) is 1. The van der Waals surface area contributed by atoms with Gasteiger partial charge in [0.25, 0.3) is 5.56 Å². The van der Waals surface area contributed by atoms with Crippen molar-refractivity contribution in [1.82, 2.24) is 4.57 Å². The van der Waals surface area contributed by atoms with E-state index in [4.69, 9.17) is 9.47 Å². The zero-order chi connectivity index (χ0) is 21.8. The van der Waals surface area contributed by atoms with Gasteiger partial charge in [0, 0.05) is 23.2 Å². The monoisotopic (exact) mass is 438 g/mol. The Hall–Kier alpha value is -3.65. The molecule has 6 nitrogen and oxygen atoms in total. The van der Waals surface area contributed by atoms with Crippen molar-refractivity contribution in [2.24, 2.45) is 0 Å². The molecule has 31 heavy (non-hydrogen) atoms. The summed E-state index contributed by atoms with van der Waals surface area (Å²) >= 11 is 1.18. The van der Waals surface area contributed by atoms with Crippen molar-refractivity contribution in [2.75, 3.05) is 18.8 Å². The molecule has 4 rings (SSSR count). The largest absolute Gasteiger partial charge is 0.463 e. The van der Waals surface area contributed by atoms with E-state index in [1.807, 2.05) is 30.3 Å². The number of carbonyl (C=O) groups is 1. The highest BCUT2D eigenvalue weighted by atomic mass is 32.1. The molecule has 0 unspecified atom stereocenters. The van der Waals surface area contributed by atoms with E-state index < -0.39 is 12.8 Å². The number of thiophene rings is 1. The fraction of sp³-hybridized carbons (Fsp3) is 0.130. The summed E-state index contributed by atoms with van der Waals surface area (Å²) in [6.07, 6.45) is 0. The Balaban J connectivity index is 1.91. The van der Waals surface area contributed by atoms with Crippen LogP contribution in [0.1, 0.15) is 16.6 Å². The van der Waals surface area contributed by atoms with Gasteiger partial charge < -0.3 is 14.8 Å². The Labute approximate surface area is 181 Å². The number of para-hydroxylation sites is 1. The lowest BCUT2D eigenvalue weighted by atomic mass is 10.2. The van der Waals surface area contributed by atoms with Gasteiger partial charge in [-0.3, -0.25) is 9.36 Å². The van der Waals surface area contributed by atoms with Crippen LogP contribution >= 0.6 is 11.3 Å². The van der Waals surface area contributed by atoms with E-state index in [0.717, 1.165) is 0 Å². The normalized spacial score (nSPS) is 10.8. The smallest absolute Gasteiger partial charge is 0.350 e. The van der Waals surface area contributed by atoms with Crippen LogP contribution in [0.2, 0.25) is 0 Å². The third-order valence-corrected chi connectivity index (χ3v) is 5.71. The van der Waals surface area contributed by atoms with Gasteiger partial charge in [-0.1, -0.05) is 24.3 Å². The van der Waals surface area contributed by atoms with Crippen LogP contribution in [0.4, 0.5) is 15.8 Å². The van der Waals surface area contributed by atoms with Crippen molar-refractivity contribution < 1.29 is 18.7 Å². The number of aromatic nitrogens is 1. The summed E-state index contributed by atoms with van der Waals surface area (Å²) in [5.74, 6) is -0.139. The lowest BCUT2D eigenvalue weighted by molar-refractivity contribution is 0.0533. The fourth-order valence-electron chi connectivity index (χ4n) is 3.24. The Morgan fingerprint density at radius 1 is 1.10 bits per heavy atom. The van der Waals surface area contributed by atoms with Crippen molar-refractivity contribution >= 4 is 38.9 Å². The van der Waals surface area contributed by atoms with Gasteiger partial charge >= 0.3 is 5.97 Å². The lowest BCUT2D eigenvalue weighted by Gasteiger charge is -2.10. The minimum Gasteiger partial charge on any atom is -0.463 e. The Bertz CT molecular complexity index is 1280. The molecule has 0 saturated heterocycles. The maximum atomic E-state index is 12.7. The minimum atomic E-state index is -0.942. The quantitative estimate of drug-likeness (QED) is 0.398. The summed E-state index contributed by atoms with van der Waals surface area (Å²) in [6.45, 7) is 1.01. The number of halogens is 1. The van der Waals surface area contributed by atoms with Gasteiger partial charge in [-0.2, -0.15) is 0 Å². The summed E-state index contributed by atoms with van der Waals surface area (Å²) < 4.78 is 24.3. The van der Waals surface area contributed by atoms with Crippen molar-refractivity contribution in [3.8, 4) is 11.4 Å². The molecule has 0 fully saturated rings. The molecule has 0 radical (unpaired) electrons. The van der Waals surface area contributed by atoms with Crippen LogP contribution in [0.15, 0.2) is 71.5 Å². The first-order chi connectivity index (χ1) is 15.1. The predicted octanol–water partition coefficient (Wildman–Crippen LogP) is 5.28. The van der Waals surface area contributed by atoms with Crippen molar-refractivity contribution in [3.63, 3.8) is 0 Å². The average molecular weight is 438 g/mol. The van der Waals surface area contributed by atoms with E-state index in [1.54, 1.807) is 41.8 Å². The van der Waals surface area contributed by atoms with Crippen molar-refractivity contribution in [3.05, 3.63) is 82.0 Å². The van der Waals surface area contributed by atoms with Gasteiger partial charge in [0.05, 0.1) is 18.0 Å². The highest BCUT2D eigenvalue weighted by Crippen LogP contribution is 2.38. The maximum Gasteiger partial charge on any atom is 0.350 e. The number of benzene rings is 2. The molecule has 2 heterocycles. The highest BCUT2D eigenvalue weighted by Gasteiger charge is 2.22. The van der Waals surface area contributed by atoms with Crippen molar-refractivity contribution in [1.29, 1.82) is 0 Å². The number of esters is 1. The first-order valence-electron chi connectivity index (χ1n) is 9.59. The number of anilines is 2. The number of hydrogen-bond acceptors (Lipinski definition) is 6. The minimum absolute atomic E-state index is 0.208. The van der Waals surface area contributed by atoms with E-state index in [0.29, 0.717) is 37.9 Å². The van der Waals surface area contributed by atoms with Crippen LogP contribution in [0.25, 0.3) is 15.9 Å². The van der Waals surface area contributed by atoms with Gasteiger partial charge in [-0.25, -0.2) is 9.18 Å². The van der Waals surface area contributed by atoms with Crippen LogP contribution in [0.3, 0.4) is 0 Å². The van der Waals surface area contributed by atoms with E-state index in [-0.39, 0.29) is 12.2 Å². The maximum absolute atomic E-state index is 12.7. The zero-order valence-electron chi connectivity index (χ0n) is 16.6. The van der Waals surface area contributed by atoms with Gasteiger partial charge in [0.2, 0.25) is 6.86 Å². The fourth-order valence-corrected chi connectivity index (χ4v) is 4.40. The standard InChI is InChI=1S/C23H19FN2O4S/c1-2-29-23(28)21-20(25-15-7-6-10-17(13-15)30-14-24)18-11-12-19(27)26(22(18)31-21)16-8-4-3-5-9-16/h3-13,25H,2,14H2,1H3. The van der Waals surface area contributed by atoms with Gasteiger partial charge in [-0.15, -0.1) is 11.3 Å². The average Bonchev–Trinajstić information content (AvgIpc) is 3.13. The number of alkyl halides is 1. The predicted molar refractivity (Wildman–Crippen MR) is 120 cm³/mol. The molecule has 8 heteroatoms. The Morgan fingerprint density at radius 2 is 1.90 bits per heavy atom. The molecule has 0 spiro atoms. The molecular weight excluding hydrogens is 419 g/mol. The summed E-state index contributed by atoms with van der Waals surface area (Å²) in [5.41, 5.74) is 1.61. The van der Waals surface area contributed by atoms with Crippen molar-refractivity contribution in [2.45, 2.75) is 6.92 Å². The lowest BCUT2D eigenvalue weighted by Crippen LogP contribution is -2.16. The second kappa shape index (κ2) is 9.01. The molecule has 0 atom stereocenters. The number of fused-ring (bicyclic) bond motifs is 1. The molecule has 0 aliphatic rings. The first-order valence-corrected chi connectivity index (χ1v) is 10.4.